The lowest BCUT2D eigenvalue weighted by Crippen LogP contribution is -2.32. The number of tetrazole rings is 1. The van der Waals surface area contributed by atoms with Gasteiger partial charge in [0, 0.05) is 42.2 Å². The second kappa shape index (κ2) is 17.2. The molecule has 0 radical (unpaired) electrons. The van der Waals surface area contributed by atoms with Gasteiger partial charge in [-0.05, 0) is 99.9 Å². The van der Waals surface area contributed by atoms with Crippen molar-refractivity contribution in [3.63, 3.8) is 0 Å². The molecule has 2 atom stereocenters. The summed E-state index contributed by atoms with van der Waals surface area (Å²) in [6.45, 7) is 14.2. The highest BCUT2D eigenvalue weighted by Gasteiger charge is 2.34. The first kappa shape index (κ1) is 35.2. The van der Waals surface area contributed by atoms with E-state index < -0.39 is 11.7 Å². The molecule has 2 aromatic heterocycles. The predicted molar refractivity (Wildman–Crippen MR) is 170 cm³/mol. The van der Waals surface area contributed by atoms with Gasteiger partial charge in [-0.25, -0.2) is 0 Å². The number of anilines is 2. The van der Waals surface area contributed by atoms with Crippen molar-refractivity contribution >= 4 is 31.8 Å². The van der Waals surface area contributed by atoms with Gasteiger partial charge in [-0.3, -0.25) is 4.98 Å². The Hall–Kier alpha value is -2.97. The summed E-state index contributed by atoms with van der Waals surface area (Å²) < 4.78 is 41.0. The van der Waals surface area contributed by atoms with Gasteiger partial charge in [0.05, 0.1) is 12.6 Å². The number of benzene rings is 1. The number of fused-ring (bicyclic) bond motifs is 1. The van der Waals surface area contributed by atoms with Gasteiger partial charge in [-0.1, -0.05) is 41.0 Å². The van der Waals surface area contributed by atoms with Crippen LogP contribution < -0.4 is 10.2 Å². The summed E-state index contributed by atoms with van der Waals surface area (Å²) in [6, 6.07) is 6.75. The van der Waals surface area contributed by atoms with Crippen LogP contribution in [-0.4, -0.2) is 50.6 Å². The zero-order valence-electron chi connectivity index (χ0n) is 25.3. The third kappa shape index (κ3) is 12.5. The molecule has 230 valence electrons. The number of aromatic nitrogens is 5. The third-order valence-electron chi connectivity index (χ3n) is 6.20. The largest absolute Gasteiger partial charge is 0.416 e. The molecule has 1 N–H and O–H groups in total. The van der Waals surface area contributed by atoms with Gasteiger partial charge in [0.15, 0.2) is 0 Å². The number of alkyl halides is 3. The highest BCUT2D eigenvalue weighted by atomic mass is 35.5. The fraction of sp³-hybridized carbons (Fsp3) is 0.467. The van der Waals surface area contributed by atoms with Crippen LogP contribution in [0.2, 0.25) is 0 Å². The summed E-state index contributed by atoms with van der Waals surface area (Å²) in [7, 11) is 2.76. The molecule has 3 aromatic rings. The smallest absolute Gasteiger partial charge is 0.367 e. The molecule has 1 aliphatic rings. The molecule has 3 heterocycles. The van der Waals surface area contributed by atoms with Gasteiger partial charge in [-0.15, -0.1) is 13.7 Å². The van der Waals surface area contributed by atoms with Crippen molar-refractivity contribution in [1.82, 2.24) is 25.2 Å². The summed E-state index contributed by atoms with van der Waals surface area (Å²) >= 11 is 5.08. The maximum absolute atomic E-state index is 13.7. The van der Waals surface area contributed by atoms with Gasteiger partial charge >= 0.3 is 6.18 Å². The maximum Gasteiger partial charge on any atom is 0.416 e. The van der Waals surface area contributed by atoms with Crippen molar-refractivity contribution in [2.75, 3.05) is 29.6 Å². The zero-order chi connectivity index (χ0) is 31.3. The van der Waals surface area contributed by atoms with E-state index in [9.17, 15) is 13.2 Å². The zero-order valence-corrected chi connectivity index (χ0v) is 27.0. The molecule has 0 amide bonds. The fourth-order valence-electron chi connectivity index (χ4n) is 4.36. The summed E-state index contributed by atoms with van der Waals surface area (Å²) in [5.41, 5.74) is 3.58. The number of hydrogen-bond donors (Lipinski definition) is 1. The summed E-state index contributed by atoms with van der Waals surface area (Å²) in [4.78, 5) is 7.44. The Morgan fingerprint density at radius 2 is 1.88 bits per heavy atom. The normalized spacial score (nSPS) is 14.9. The molecule has 0 bridgehead atoms. The molecule has 0 fully saturated rings. The Labute approximate surface area is 254 Å². The number of allylic oxidation sites excluding steroid dienone is 3. The highest BCUT2D eigenvalue weighted by Crippen LogP contribution is 2.38. The molecule has 12 heteroatoms. The number of pyridine rings is 1. The van der Waals surface area contributed by atoms with Crippen molar-refractivity contribution in [1.29, 1.82) is 0 Å². The molecule has 0 saturated heterocycles. The van der Waals surface area contributed by atoms with Crippen LogP contribution in [0, 0.1) is 6.92 Å². The average Bonchev–Trinajstić information content (AvgIpc) is 3.30. The van der Waals surface area contributed by atoms with Crippen molar-refractivity contribution in [2.45, 2.75) is 65.7 Å². The minimum Gasteiger partial charge on any atom is -0.367 e. The predicted octanol–water partition coefficient (Wildman–Crippen LogP) is 7.78. The first-order valence-electron chi connectivity index (χ1n) is 13.7. The number of nitrogens with one attached hydrogen (secondary N) is 1. The Morgan fingerprint density at radius 1 is 1.21 bits per heavy atom. The van der Waals surface area contributed by atoms with Crippen molar-refractivity contribution in [3.8, 4) is 0 Å². The Balaban J connectivity index is 0.000000479. The molecule has 2 unspecified atom stereocenters. The lowest BCUT2D eigenvalue weighted by molar-refractivity contribution is -0.138. The van der Waals surface area contributed by atoms with Crippen molar-refractivity contribution in [2.24, 2.45) is 7.05 Å². The van der Waals surface area contributed by atoms with Crippen LogP contribution in [0.25, 0.3) is 0 Å². The van der Waals surface area contributed by atoms with E-state index >= 15 is 0 Å². The molecule has 4 rings (SSSR count). The molecule has 0 saturated carbocycles. The first-order chi connectivity index (χ1) is 19.8. The fourth-order valence-corrected chi connectivity index (χ4v) is 4.98. The van der Waals surface area contributed by atoms with E-state index in [2.05, 4.69) is 58.9 Å². The molecular weight excluding hydrogens is 582 g/mol. The van der Waals surface area contributed by atoms with Gasteiger partial charge in [0.25, 0.3) is 5.95 Å². The lowest BCUT2D eigenvalue weighted by atomic mass is 9.93. The Morgan fingerprint density at radius 3 is 2.40 bits per heavy atom. The van der Waals surface area contributed by atoms with E-state index in [0.717, 1.165) is 32.5 Å². The van der Waals surface area contributed by atoms with Crippen LogP contribution in [-0.2, 0) is 26.2 Å². The second-order valence-electron chi connectivity index (χ2n) is 10.4. The Bertz CT molecular complexity index is 1290. The van der Waals surface area contributed by atoms with Crippen LogP contribution >= 0.6 is 20.2 Å². The van der Waals surface area contributed by atoms with Crippen LogP contribution in [0.5, 0.6) is 0 Å². The molecule has 1 aromatic carbocycles. The quantitative estimate of drug-likeness (QED) is 0.223. The van der Waals surface area contributed by atoms with Gasteiger partial charge in [0.1, 0.15) is 0 Å². The molecule has 0 aliphatic carbocycles. The standard InChI is InChI=1S/C21H24F3N7.C6H13P.C3H5Cl/c1-14-10-16-11-17(26-20-27-29-30(2)28-20)4-3-9-31(13-15-5-7-25-8-6-15)19(16)12-18(14)21(22,23)24;1-6(2)4-5-7-3;1-3(2)4/h5-8,10,12,17H,3-4,9,11,13H2,1-2H3,(H,26,28);4,7H,5H2,1-3H3;1H2,2H3. The highest BCUT2D eigenvalue weighted by molar-refractivity contribution is 7.37. The van der Waals surface area contributed by atoms with Crippen LogP contribution in [0.15, 0.2) is 59.9 Å². The molecule has 1 aliphatic heterocycles. The second-order valence-corrected chi connectivity index (χ2v) is 12.1. The maximum atomic E-state index is 13.7. The van der Waals surface area contributed by atoms with Crippen molar-refractivity contribution < 1.29 is 13.2 Å². The van der Waals surface area contributed by atoms with E-state index in [-0.39, 0.29) is 11.6 Å². The average molecular weight is 624 g/mol. The summed E-state index contributed by atoms with van der Waals surface area (Å²) in [6.07, 6.45) is 4.77. The van der Waals surface area contributed by atoms with E-state index in [1.165, 1.54) is 29.5 Å². The monoisotopic (exact) mass is 623 g/mol. The van der Waals surface area contributed by atoms with Crippen LogP contribution in [0.3, 0.4) is 0 Å². The number of aryl methyl sites for hydroxylation is 2. The first-order valence-corrected chi connectivity index (χ1v) is 15.8. The summed E-state index contributed by atoms with van der Waals surface area (Å²) in [5.74, 6) is 0.423. The minimum atomic E-state index is -4.40. The number of halogens is 4. The van der Waals surface area contributed by atoms with E-state index in [4.69, 9.17) is 11.6 Å². The van der Waals surface area contributed by atoms with Gasteiger partial charge in [0.2, 0.25) is 0 Å². The SMILES string of the molecule is C=C(C)Cl.CPCC=C(C)C.Cc1cc2c(cc1C(F)(F)F)N(Cc1ccncc1)CCCC(Nc1nnn(C)n1)C2. The lowest BCUT2D eigenvalue weighted by Gasteiger charge is -2.33. The van der Waals surface area contributed by atoms with Crippen LogP contribution in [0.1, 0.15) is 55.9 Å². The number of hydrogen-bond acceptors (Lipinski definition) is 6. The molecule has 0 spiro atoms. The minimum absolute atomic E-state index is 0.00200. The number of rotatable bonds is 6. The topological polar surface area (TPSA) is 71.8 Å². The summed E-state index contributed by atoms with van der Waals surface area (Å²) in [5, 5.41) is 15.9. The molecular formula is C30H42ClF3N7P. The van der Waals surface area contributed by atoms with E-state index in [1.807, 2.05) is 17.0 Å². The number of nitrogens with zero attached hydrogens (tertiary/aromatic N) is 6. The van der Waals surface area contributed by atoms with Crippen LogP contribution in [0.4, 0.5) is 24.8 Å². The van der Waals surface area contributed by atoms with Crippen molar-refractivity contribution in [3.05, 3.63) is 82.2 Å². The molecule has 7 nitrogen and oxygen atoms in total. The Kier molecular flexibility index (Phi) is 14.4. The van der Waals surface area contributed by atoms with E-state index in [1.54, 1.807) is 32.4 Å². The van der Waals surface area contributed by atoms with Gasteiger partial charge in [-0.2, -0.15) is 18.0 Å². The van der Waals surface area contributed by atoms with Gasteiger partial charge < -0.3 is 10.2 Å². The van der Waals surface area contributed by atoms with E-state index in [0.29, 0.717) is 36.2 Å². The third-order valence-corrected chi connectivity index (χ3v) is 6.81. The molecule has 42 heavy (non-hydrogen) atoms.